The molecular weight excluding hydrogens is 378 g/mol. The number of anilines is 2. The van der Waals surface area contributed by atoms with Gasteiger partial charge in [0.05, 0.1) is 24.2 Å². The molecule has 1 aliphatic rings. The first-order valence-corrected chi connectivity index (χ1v) is 10.6. The van der Waals surface area contributed by atoms with Gasteiger partial charge in [-0.1, -0.05) is 6.07 Å². The molecule has 0 radical (unpaired) electrons. The highest BCUT2D eigenvalue weighted by molar-refractivity contribution is 7.89. The molecule has 1 fully saturated rings. The Morgan fingerprint density at radius 1 is 1.11 bits per heavy atom. The van der Waals surface area contributed by atoms with E-state index >= 15 is 0 Å². The zero-order valence-electron chi connectivity index (χ0n) is 16.2. The third kappa shape index (κ3) is 5.02. The smallest absolute Gasteiger partial charge is 0.243 e. The number of methoxy groups -OCH3 is 1. The number of nitrogens with one attached hydrogen (secondary N) is 3. The summed E-state index contributed by atoms with van der Waals surface area (Å²) in [4.78, 5) is 12.4. The molecule has 1 aliphatic carbocycles. The van der Waals surface area contributed by atoms with E-state index in [1.54, 1.807) is 6.07 Å². The van der Waals surface area contributed by atoms with Gasteiger partial charge >= 0.3 is 0 Å². The number of rotatable bonds is 8. The van der Waals surface area contributed by atoms with Crippen LogP contribution in [0.1, 0.15) is 24.0 Å². The number of amides is 1. The van der Waals surface area contributed by atoms with Gasteiger partial charge in [-0.2, -0.15) is 0 Å². The first kappa shape index (κ1) is 20.2. The third-order valence-corrected chi connectivity index (χ3v) is 6.13. The maximum Gasteiger partial charge on any atom is 0.243 e. The second kappa shape index (κ2) is 8.20. The molecule has 150 valence electrons. The lowest BCUT2D eigenvalue weighted by Crippen LogP contribution is -2.26. The Morgan fingerprint density at radius 2 is 1.86 bits per heavy atom. The summed E-state index contributed by atoms with van der Waals surface area (Å²) in [6.45, 7) is 3.96. The van der Waals surface area contributed by atoms with Crippen LogP contribution in [0.4, 0.5) is 11.4 Å². The molecule has 28 heavy (non-hydrogen) atoms. The van der Waals surface area contributed by atoms with E-state index < -0.39 is 10.0 Å². The number of ether oxygens (including phenoxy) is 1. The zero-order valence-corrected chi connectivity index (χ0v) is 17.0. The molecule has 0 heterocycles. The first-order valence-electron chi connectivity index (χ1n) is 9.10. The quantitative estimate of drug-likeness (QED) is 0.630. The molecule has 8 heteroatoms. The van der Waals surface area contributed by atoms with Crippen LogP contribution in [0.5, 0.6) is 5.75 Å². The highest BCUT2D eigenvalue weighted by Gasteiger charge is 2.28. The molecule has 0 unspecified atom stereocenters. The average molecular weight is 404 g/mol. The lowest BCUT2D eigenvalue weighted by Gasteiger charge is -2.14. The minimum Gasteiger partial charge on any atom is -0.495 e. The Labute approximate surface area is 165 Å². The highest BCUT2D eigenvalue weighted by atomic mass is 32.2. The van der Waals surface area contributed by atoms with Gasteiger partial charge in [-0.15, -0.1) is 0 Å². The Balaban J connectivity index is 1.69. The minimum atomic E-state index is -3.59. The van der Waals surface area contributed by atoms with Crippen molar-refractivity contribution in [3.63, 3.8) is 0 Å². The van der Waals surface area contributed by atoms with Crippen molar-refractivity contribution >= 4 is 27.3 Å². The summed E-state index contributed by atoms with van der Waals surface area (Å²) in [5.41, 5.74) is 3.40. The van der Waals surface area contributed by atoms with Crippen LogP contribution in [0.3, 0.4) is 0 Å². The summed E-state index contributed by atoms with van der Waals surface area (Å²) in [6, 6.07) is 10.3. The monoisotopic (exact) mass is 403 g/mol. The molecular formula is C20H25N3O4S. The van der Waals surface area contributed by atoms with E-state index in [0.29, 0.717) is 17.1 Å². The van der Waals surface area contributed by atoms with E-state index in [2.05, 4.69) is 15.4 Å². The third-order valence-electron chi connectivity index (χ3n) is 4.61. The van der Waals surface area contributed by atoms with Crippen molar-refractivity contribution < 1.29 is 17.9 Å². The summed E-state index contributed by atoms with van der Waals surface area (Å²) in [7, 11) is -2.09. The molecule has 2 aromatic rings. The Hall–Kier alpha value is -2.58. The van der Waals surface area contributed by atoms with E-state index in [0.717, 1.165) is 24.0 Å². The second-order valence-corrected chi connectivity index (χ2v) is 8.67. The average Bonchev–Trinajstić information content (AvgIpc) is 3.46. The van der Waals surface area contributed by atoms with Crippen LogP contribution in [-0.2, 0) is 14.8 Å². The first-order chi connectivity index (χ1) is 13.3. The van der Waals surface area contributed by atoms with Crippen LogP contribution in [-0.4, -0.2) is 34.0 Å². The number of hydrogen-bond acceptors (Lipinski definition) is 5. The highest BCUT2D eigenvalue weighted by Crippen LogP contribution is 2.29. The molecule has 2 aromatic carbocycles. The standard InChI is InChI=1S/C20H25N3O4S/c1-13-4-5-16(10-14(13)2)22-20(24)12-21-18-11-17(8-9-19(18)27-3)28(25,26)23-15-6-7-15/h4-5,8-11,15,21,23H,6-7,12H2,1-3H3,(H,22,24). The maximum absolute atomic E-state index is 12.4. The molecule has 1 amide bonds. The van der Waals surface area contributed by atoms with Gasteiger partial charge in [0, 0.05) is 11.7 Å². The van der Waals surface area contributed by atoms with Crippen LogP contribution >= 0.6 is 0 Å². The fourth-order valence-corrected chi connectivity index (χ4v) is 4.01. The van der Waals surface area contributed by atoms with Gasteiger partial charge in [-0.25, -0.2) is 13.1 Å². The molecule has 0 atom stereocenters. The minimum absolute atomic E-state index is 0.0206. The predicted octanol–water partition coefficient (Wildman–Crippen LogP) is 2.80. The molecule has 0 aromatic heterocycles. The van der Waals surface area contributed by atoms with Gasteiger partial charge in [-0.3, -0.25) is 4.79 Å². The number of hydrogen-bond donors (Lipinski definition) is 3. The van der Waals surface area contributed by atoms with Crippen LogP contribution in [0, 0.1) is 13.8 Å². The largest absolute Gasteiger partial charge is 0.495 e. The van der Waals surface area contributed by atoms with E-state index in [4.69, 9.17) is 4.74 Å². The van der Waals surface area contributed by atoms with Crippen LogP contribution in [0.2, 0.25) is 0 Å². The van der Waals surface area contributed by atoms with Gasteiger partial charge in [0.1, 0.15) is 5.75 Å². The van der Waals surface area contributed by atoms with Crippen molar-refractivity contribution in [1.82, 2.24) is 4.72 Å². The van der Waals surface area contributed by atoms with Gasteiger partial charge in [0.15, 0.2) is 0 Å². The van der Waals surface area contributed by atoms with Crippen molar-refractivity contribution in [2.24, 2.45) is 0 Å². The summed E-state index contributed by atoms with van der Waals surface area (Å²) < 4.78 is 32.7. The lowest BCUT2D eigenvalue weighted by molar-refractivity contribution is -0.114. The summed E-state index contributed by atoms with van der Waals surface area (Å²) in [5, 5.41) is 5.79. The van der Waals surface area contributed by atoms with Crippen molar-refractivity contribution in [3.8, 4) is 5.75 Å². The maximum atomic E-state index is 12.4. The molecule has 3 rings (SSSR count). The van der Waals surface area contributed by atoms with E-state index in [1.807, 2.05) is 32.0 Å². The summed E-state index contributed by atoms with van der Waals surface area (Å²) in [6.07, 6.45) is 1.72. The normalized spacial score (nSPS) is 13.8. The number of carbonyl (C=O) groups excluding carboxylic acids is 1. The van der Waals surface area contributed by atoms with Gasteiger partial charge in [-0.05, 0) is 68.1 Å². The molecule has 1 saturated carbocycles. The van der Waals surface area contributed by atoms with Crippen molar-refractivity contribution in [2.45, 2.75) is 37.6 Å². The number of aryl methyl sites for hydroxylation is 2. The number of carbonyl (C=O) groups is 1. The zero-order chi connectivity index (χ0) is 20.3. The van der Waals surface area contributed by atoms with E-state index in [1.165, 1.54) is 19.2 Å². The van der Waals surface area contributed by atoms with E-state index in [9.17, 15) is 13.2 Å². The van der Waals surface area contributed by atoms with Gasteiger partial charge in [0.2, 0.25) is 15.9 Å². The second-order valence-electron chi connectivity index (χ2n) is 6.96. The number of sulfonamides is 1. The van der Waals surface area contributed by atoms with Crippen LogP contribution < -0.4 is 20.1 Å². The Morgan fingerprint density at radius 3 is 2.50 bits per heavy atom. The van der Waals surface area contributed by atoms with E-state index in [-0.39, 0.29) is 23.4 Å². The number of benzene rings is 2. The summed E-state index contributed by atoms with van der Waals surface area (Å²) >= 11 is 0. The molecule has 0 aliphatic heterocycles. The van der Waals surface area contributed by atoms with Gasteiger partial charge in [0.25, 0.3) is 0 Å². The SMILES string of the molecule is COc1ccc(S(=O)(=O)NC2CC2)cc1NCC(=O)Nc1ccc(C)c(C)c1. The topological polar surface area (TPSA) is 96.5 Å². The van der Waals surface area contributed by atoms with Gasteiger partial charge < -0.3 is 15.4 Å². The molecule has 7 nitrogen and oxygen atoms in total. The fourth-order valence-electron chi connectivity index (χ4n) is 2.68. The molecule has 0 bridgehead atoms. The Kier molecular flexibility index (Phi) is 5.90. The molecule has 0 saturated heterocycles. The lowest BCUT2D eigenvalue weighted by atomic mass is 10.1. The van der Waals surface area contributed by atoms with Crippen LogP contribution in [0.25, 0.3) is 0 Å². The van der Waals surface area contributed by atoms with Crippen LogP contribution in [0.15, 0.2) is 41.3 Å². The molecule has 3 N–H and O–H groups in total. The predicted molar refractivity (Wildman–Crippen MR) is 109 cm³/mol. The summed E-state index contributed by atoms with van der Waals surface area (Å²) in [5.74, 6) is 0.221. The molecule has 0 spiro atoms. The van der Waals surface area contributed by atoms with Crippen molar-refractivity contribution in [3.05, 3.63) is 47.5 Å². The fraction of sp³-hybridized carbons (Fsp3) is 0.350. The van der Waals surface area contributed by atoms with Crippen molar-refractivity contribution in [2.75, 3.05) is 24.3 Å². The van der Waals surface area contributed by atoms with Crippen molar-refractivity contribution in [1.29, 1.82) is 0 Å². The Bertz CT molecular complexity index is 985.